The minimum absolute atomic E-state index is 0.0776. The molecule has 0 fully saturated rings. The molecule has 2 aromatic carbocycles. The first-order valence-corrected chi connectivity index (χ1v) is 7.85. The standard InChI is InChI=1S/C19H17NO6/c1-2-25-17-9-7-15(8-10-17)18(21)13-26-19(22)11-6-14-4-3-5-16(12-14)20(23)24/h3-12H,2,13H2,1H3. The van der Waals surface area contributed by atoms with E-state index in [0.717, 1.165) is 6.08 Å². The van der Waals surface area contributed by atoms with Gasteiger partial charge in [-0.25, -0.2) is 4.79 Å². The second-order valence-corrected chi connectivity index (χ2v) is 5.17. The number of carbonyl (C=O) groups is 2. The second kappa shape index (κ2) is 9.12. The molecule has 0 unspecified atom stereocenters. The van der Waals surface area contributed by atoms with E-state index in [9.17, 15) is 19.7 Å². The van der Waals surface area contributed by atoms with Crippen LogP contribution in [0.3, 0.4) is 0 Å². The predicted octanol–water partition coefficient (Wildman–Crippen LogP) is 3.43. The van der Waals surface area contributed by atoms with Crippen molar-refractivity contribution >= 4 is 23.5 Å². The van der Waals surface area contributed by atoms with Crippen molar-refractivity contribution in [1.29, 1.82) is 0 Å². The molecule has 7 heteroatoms. The lowest BCUT2D eigenvalue weighted by atomic mass is 10.1. The van der Waals surface area contributed by atoms with Gasteiger partial charge in [0.1, 0.15) is 5.75 Å². The number of nitro benzene ring substituents is 1. The van der Waals surface area contributed by atoms with Gasteiger partial charge in [-0.3, -0.25) is 14.9 Å². The van der Waals surface area contributed by atoms with Gasteiger partial charge in [-0.2, -0.15) is 0 Å². The Balaban J connectivity index is 1.88. The van der Waals surface area contributed by atoms with Crippen molar-refractivity contribution in [2.45, 2.75) is 6.92 Å². The second-order valence-electron chi connectivity index (χ2n) is 5.17. The minimum Gasteiger partial charge on any atom is -0.494 e. The van der Waals surface area contributed by atoms with Crippen LogP contribution in [-0.4, -0.2) is 29.9 Å². The average molecular weight is 355 g/mol. The maximum atomic E-state index is 12.0. The number of nitrogens with zero attached hydrogens (tertiary/aromatic N) is 1. The van der Waals surface area contributed by atoms with E-state index in [1.54, 1.807) is 30.3 Å². The molecule has 2 rings (SSSR count). The number of nitro groups is 1. The van der Waals surface area contributed by atoms with E-state index in [1.807, 2.05) is 6.92 Å². The number of non-ortho nitro benzene ring substituents is 1. The molecule has 0 heterocycles. The number of rotatable bonds is 8. The van der Waals surface area contributed by atoms with Crippen molar-refractivity contribution in [3.63, 3.8) is 0 Å². The molecule has 2 aromatic rings. The lowest BCUT2D eigenvalue weighted by molar-refractivity contribution is -0.384. The van der Waals surface area contributed by atoms with Gasteiger partial charge in [-0.15, -0.1) is 0 Å². The number of Topliss-reactive ketones (excluding diaryl/α,β-unsaturated/α-hetero) is 1. The Bertz CT molecular complexity index is 826. The molecule has 0 bridgehead atoms. The van der Waals surface area contributed by atoms with E-state index in [2.05, 4.69) is 0 Å². The summed E-state index contributed by atoms with van der Waals surface area (Å²) in [5, 5.41) is 10.7. The van der Waals surface area contributed by atoms with Crippen molar-refractivity contribution in [1.82, 2.24) is 0 Å². The molecule has 0 aliphatic heterocycles. The molecule has 7 nitrogen and oxygen atoms in total. The highest BCUT2D eigenvalue weighted by Gasteiger charge is 2.09. The Hall–Kier alpha value is -3.48. The molecular weight excluding hydrogens is 338 g/mol. The zero-order chi connectivity index (χ0) is 18.9. The van der Waals surface area contributed by atoms with Crippen molar-refractivity contribution in [3.05, 3.63) is 75.8 Å². The third kappa shape index (κ3) is 5.55. The van der Waals surface area contributed by atoms with E-state index in [1.165, 1.54) is 24.3 Å². The molecule has 0 aliphatic rings. The third-order valence-corrected chi connectivity index (χ3v) is 3.33. The summed E-state index contributed by atoms with van der Waals surface area (Å²) in [6.07, 6.45) is 2.50. The molecule has 0 aromatic heterocycles. The van der Waals surface area contributed by atoms with Gasteiger partial charge in [0.15, 0.2) is 12.4 Å². The Labute approximate surface area is 150 Å². The summed E-state index contributed by atoms with van der Waals surface area (Å²) in [6.45, 7) is 1.99. The summed E-state index contributed by atoms with van der Waals surface area (Å²) in [5.41, 5.74) is 0.809. The van der Waals surface area contributed by atoms with Crippen LogP contribution in [0, 0.1) is 10.1 Å². The molecule has 134 valence electrons. The first-order valence-electron chi connectivity index (χ1n) is 7.85. The fourth-order valence-corrected chi connectivity index (χ4v) is 2.08. The first-order chi connectivity index (χ1) is 12.5. The van der Waals surface area contributed by atoms with Crippen LogP contribution in [0.2, 0.25) is 0 Å². The molecule has 0 amide bonds. The Morgan fingerprint density at radius 1 is 1.15 bits per heavy atom. The number of ketones is 1. The van der Waals surface area contributed by atoms with Gasteiger partial charge in [-0.1, -0.05) is 12.1 Å². The first kappa shape index (κ1) is 18.9. The van der Waals surface area contributed by atoms with Crippen LogP contribution in [0.4, 0.5) is 5.69 Å². The van der Waals surface area contributed by atoms with Gasteiger partial charge in [0.25, 0.3) is 5.69 Å². The smallest absolute Gasteiger partial charge is 0.331 e. The lowest BCUT2D eigenvalue weighted by Gasteiger charge is -2.05. The van der Waals surface area contributed by atoms with Crippen molar-refractivity contribution in [2.24, 2.45) is 0 Å². The molecule has 26 heavy (non-hydrogen) atoms. The summed E-state index contributed by atoms with van der Waals surface area (Å²) >= 11 is 0. The number of esters is 1. The zero-order valence-corrected chi connectivity index (χ0v) is 14.1. The normalized spacial score (nSPS) is 10.5. The topological polar surface area (TPSA) is 95.7 Å². The van der Waals surface area contributed by atoms with Crippen LogP contribution < -0.4 is 4.74 Å². The average Bonchev–Trinajstić information content (AvgIpc) is 2.65. The Kier molecular flexibility index (Phi) is 6.61. The highest BCUT2D eigenvalue weighted by atomic mass is 16.6. The van der Waals surface area contributed by atoms with E-state index in [0.29, 0.717) is 23.5 Å². The SMILES string of the molecule is CCOc1ccc(C(=O)COC(=O)C=Cc2cccc([N+](=O)[O-])c2)cc1. The molecule has 0 atom stereocenters. The summed E-state index contributed by atoms with van der Waals surface area (Å²) < 4.78 is 10.2. The molecular formula is C19H17NO6. The van der Waals surface area contributed by atoms with Gasteiger partial charge in [0.05, 0.1) is 11.5 Å². The number of benzene rings is 2. The van der Waals surface area contributed by atoms with Gasteiger partial charge in [0.2, 0.25) is 0 Å². The van der Waals surface area contributed by atoms with E-state index in [-0.39, 0.29) is 11.5 Å². The fourth-order valence-electron chi connectivity index (χ4n) is 2.08. The zero-order valence-electron chi connectivity index (χ0n) is 14.1. The van der Waals surface area contributed by atoms with Crippen molar-refractivity contribution < 1.29 is 24.0 Å². The quantitative estimate of drug-likeness (QED) is 0.237. The monoisotopic (exact) mass is 355 g/mol. The van der Waals surface area contributed by atoms with Crippen molar-refractivity contribution in [2.75, 3.05) is 13.2 Å². The van der Waals surface area contributed by atoms with Crippen LogP contribution in [0.1, 0.15) is 22.8 Å². The number of ether oxygens (including phenoxy) is 2. The van der Waals surface area contributed by atoms with Crippen LogP contribution in [0.25, 0.3) is 6.08 Å². The molecule has 0 saturated carbocycles. The van der Waals surface area contributed by atoms with Crippen LogP contribution in [0.15, 0.2) is 54.6 Å². The van der Waals surface area contributed by atoms with E-state index < -0.39 is 17.5 Å². The molecule has 0 N–H and O–H groups in total. The van der Waals surface area contributed by atoms with Crippen LogP contribution >= 0.6 is 0 Å². The summed E-state index contributed by atoms with van der Waals surface area (Å²) in [5.74, 6) is -0.401. The fraction of sp³-hybridized carbons (Fsp3) is 0.158. The predicted molar refractivity (Wildman–Crippen MR) is 95.0 cm³/mol. The van der Waals surface area contributed by atoms with Crippen LogP contribution in [0.5, 0.6) is 5.75 Å². The molecule has 0 spiro atoms. The summed E-state index contributed by atoms with van der Waals surface area (Å²) in [6, 6.07) is 12.3. The van der Waals surface area contributed by atoms with Gasteiger partial charge in [-0.05, 0) is 42.8 Å². The highest BCUT2D eigenvalue weighted by molar-refractivity contribution is 5.99. The molecule has 0 radical (unpaired) electrons. The highest BCUT2D eigenvalue weighted by Crippen LogP contribution is 2.14. The van der Waals surface area contributed by atoms with E-state index >= 15 is 0 Å². The van der Waals surface area contributed by atoms with Gasteiger partial charge in [0, 0.05) is 23.8 Å². The van der Waals surface area contributed by atoms with Gasteiger partial charge < -0.3 is 9.47 Å². The Morgan fingerprint density at radius 3 is 2.54 bits per heavy atom. The Morgan fingerprint density at radius 2 is 1.88 bits per heavy atom. The number of hydrogen-bond acceptors (Lipinski definition) is 6. The lowest BCUT2D eigenvalue weighted by Crippen LogP contribution is -2.12. The largest absolute Gasteiger partial charge is 0.494 e. The third-order valence-electron chi connectivity index (χ3n) is 3.33. The number of carbonyl (C=O) groups excluding carboxylic acids is 2. The maximum Gasteiger partial charge on any atom is 0.331 e. The van der Waals surface area contributed by atoms with Crippen LogP contribution in [-0.2, 0) is 9.53 Å². The van der Waals surface area contributed by atoms with Gasteiger partial charge >= 0.3 is 5.97 Å². The number of hydrogen-bond donors (Lipinski definition) is 0. The summed E-state index contributed by atoms with van der Waals surface area (Å²) in [7, 11) is 0. The summed E-state index contributed by atoms with van der Waals surface area (Å²) in [4.78, 5) is 33.9. The minimum atomic E-state index is -0.712. The molecule has 0 saturated heterocycles. The van der Waals surface area contributed by atoms with Crippen molar-refractivity contribution in [3.8, 4) is 5.75 Å². The van der Waals surface area contributed by atoms with E-state index in [4.69, 9.17) is 9.47 Å². The molecule has 0 aliphatic carbocycles. The maximum absolute atomic E-state index is 12.0.